The first-order valence-electron chi connectivity index (χ1n) is 12.0. The molecular formula is C27H24ClF2N9O. The number of fused-ring (bicyclic) bond motifs is 1. The summed E-state index contributed by atoms with van der Waals surface area (Å²) in [5, 5.41) is 33.8. The van der Waals surface area contributed by atoms with Crippen LogP contribution in [0.25, 0.3) is 10.9 Å². The van der Waals surface area contributed by atoms with Crippen LogP contribution in [0.15, 0.2) is 48.8 Å². The maximum Gasteiger partial charge on any atom is 0.423 e. The average Bonchev–Trinajstić information content (AvgIpc) is 3.40. The molecule has 1 amide bonds. The molecule has 0 fully saturated rings. The molecule has 10 nitrogen and oxygen atoms in total. The van der Waals surface area contributed by atoms with Crippen molar-refractivity contribution >= 4 is 39.8 Å². The van der Waals surface area contributed by atoms with Gasteiger partial charge in [-0.3, -0.25) is 9.78 Å². The molecule has 0 bridgehead atoms. The molecule has 40 heavy (non-hydrogen) atoms. The lowest BCUT2D eigenvalue weighted by atomic mass is 9.96. The number of nitriles is 2. The molecule has 13 heteroatoms. The molecule has 0 aliphatic heterocycles. The Morgan fingerprint density at radius 2 is 1.95 bits per heavy atom. The van der Waals surface area contributed by atoms with Crippen molar-refractivity contribution in [1.82, 2.24) is 20.0 Å². The zero-order valence-corrected chi connectivity index (χ0v) is 22.5. The number of halogens is 3. The van der Waals surface area contributed by atoms with Crippen molar-refractivity contribution in [3.63, 3.8) is 0 Å². The molecule has 4 aromatic rings. The number of pyridine rings is 1. The third-order valence-electron chi connectivity index (χ3n) is 5.89. The topological polar surface area (TPSA) is 158 Å². The first-order valence-corrected chi connectivity index (χ1v) is 12.3. The van der Waals surface area contributed by atoms with E-state index in [0.717, 1.165) is 6.20 Å². The quantitative estimate of drug-likeness (QED) is 0.272. The molecular weight excluding hydrogens is 540 g/mol. The maximum atomic E-state index is 14.3. The number of amides is 1. The van der Waals surface area contributed by atoms with Gasteiger partial charge in [0.1, 0.15) is 11.8 Å². The van der Waals surface area contributed by atoms with Crippen LogP contribution in [0.4, 0.5) is 20.2 Å². The Kier molecular flexibility index (Phi) is 7.58. The lowest BCUT2D eigenvalue weighted by molar-refractivity contribution is -0.159. The first-order chi connectivity index (χ1) is 18.8. The largest absolute Gasteiger partial charge is 0.423 e. The number of anilines is 2. The van der Waals surface area contributed by atoms with Crippen molar-refractivity contribution in [3.05, 3.63) is 76.2 Å². The van der Waals surface area contributed by atoms with Crippen LogP contribution in [0.3, 0.4) is 0 Å². The van der Waals surface area contributed by atoms with Crippen LogP contribution < -0.4 is 16.4 Å². The number of nitrogens with zero attached hydrogens (tertiary/aromatic N) is 6. The summed E-state index contributed by atoms with van der Waals surface area (Å²) in [4.78, 5) is 15.6. The number of hydrogen-bond acceptors (Lipinski definition) is 8. The van der Waals surface area contributed by atoms with E-state index >= 15 is 0 Å². The summed E-state index contributed by atoms with van der Waals surface area (Å²) in [5.74, 6) is -1.89. The Morgan fingerprint density at radius 3 is 2.60 bits per heavy atom. The normalized spacial score (nSPS) is 12.4. The second-order valence-corrected chi connectivity index (χ2v) is 10.6. The first kappa shape index (κ1) is 28.2. The van der Waals surface area contributed by atoms with Gasteiger partial charge >= 0.3 is 12.0 Å². The molecule has 2 aromatic heterocycles. The van der Waals surface area contributed by atoms with Crippen molar-refractivity contribution in [2.24, 2.45) is 11.1 Å². The third kappa shape index (κ3) is 5.77. The van der Waals surface area contributed by atoms with Gasteiger partial charge in [-0.1, -0.05) is 49.7 Å². The van der Waals surface area contributed by atoms with E-state index < -0.39 is 18.0 Å². The van der Waals surface area contributed by atoms with E-state index in [9.17, 15) is 24.1 Å². The summed E-state index contributed by atoms with van der Waals surface area (Å²) in [5.41, 5.74) is 7.34. The molecule has 0 aliphatic rings. The summed E-state index contributed by atoms with van der Waals surface area (Å²) >= 11 is 6.60. The highest BCUT2D eigenvalue weighted by Gasteiger charge is 2.41. The van der Waals surface area contributed by atoms with E-state index in [1.165, 1.54) is 6.20 Å². The summed E-state index contributed by atoms with van der Waals surface area (Å²) < 4.78 is 28.6. The Labute approximate surface area is 233 Å². The van der Waals surface area contributed by atoms with Crippen molar-refractivity contribution in [3.8, 4) is 12.1 Å². The van der Waals surface area contributed by atoms with Crippen LogP contribution in [0.5, 0.6) is 0 Å². The molecule has 0 saturated heterocycles. The standard InChI is InChI=1S/C27H24ClF2N9O/c1-26(2,3)14-35-22-17(11-32)12-34-24-19(22)8-18(9-20(24)28)36-23(16-6-4-5-15(7-16)10-31)21-13-39(38-37-21)27(29,30)25(33)40/h4-9,12-13,23,36H,14H2,1-3H3,(H2,33,40)(H,34,35). The summed E-state index contributed by atoms with van der Waals surface area (Å²) in [6.45, 7) is 6.69. The van der Waals surface area contributed by atoms with E-state index in [2.05, 4.69) is 32.0 Å². The lowest BCUT2D eigenvalue weighted by Crippen LogP contribution is -2.39. The highest BCUT2D eigenvalue weighted by atomic mass is 35.5. The van der Waals surface area contributed by atoms with Crippen LogP contribution in [0.1, 0.15) is 49.2 Å². The van der Waals surface area contributed by atoms with Crippen molar-refractivity contribution in [1.29, 1.82) is 10.5 Å². The molecule has 1 atom stereocenters. The highest BCUT2D eigenvalue weighted by Crippen LogP contribution is 2.36. The number of nitrogens with two attached hydrogens (primary N) is 1. The monoisotopic (exact) mass is 563 g/mol. The van der Waals surface area contributed by atoms with Crippen LogP contribution in [-0.2, 0) is 10.8 Å². The minimum absolute atomic E-state index is 0.0159. The van der Waals surface area contributed by atoms with Gasteiger partial charge in [-0.25, -0.2) is 0 Å². The van der Waals surface area contributed by atoms with Crippen molar-refractivity contribution in [2.45, 2.75) is 32.9 Å². The van der Waals surface area contributed by atoms with E-state index in [1.54, 1.807) is 36.4 Å². The van der Waals surface area contributed by atoms with Gasteiger partial charge in [-0.2, -0.15) is 24.0 Å². The van der Waals surface area contributed by atoms with E-state index in [0.29, 0.717) is 45.5 Å². The van der Waals surface area contributed by atoms with Gasteiger partial charge in [0.2, 0.25) is 0 Å². The fourth-order valence-corrected chi connectivity index (χ4v) is 4.18. The van der Waals surface area contributed by atoms with Gasteiger partial charge in [-0.05, 0) is 35.2 Å². The lowest BCUT2D eigenvalue weighted by Gasteiger charge is -2.22. The number of nitrogens with one attached hydrogen (secondary N) is 2. The molecule has 1 unspecified atom stereocenters. The van der Waals surface area contributed by atoms with Crippen LogP contribution in [-0.4, -0.2) is 32.4 Å². The van der Waals surface area contributed by atoms with Gasteiger partial charge in [0.05, 0.1) is 45.7 Å². The zero-order chi connectivity index (χ0) is 29.2. The fraction of sp³-hybridized carbons (Fsp3) is 0.259. The summed E-state index contributed by atoms with van der Waals surface area (Å²) in [7, 11) is 0. The number of aromatic nitrogens is 4. The minimum atomic E-state index is -4.11. The average molecular weight is 564 g/mol. The minimum Gasteiger partial charge on any atom is -0.383 e. The third-order valence-corrected chi connectivity index (χ3v) is 6.18. The Bertz CT molecular complexity index is 1680. The number of alkyl halides is 2. The van der Waals surface area contributed by atoms with Gasteiger partial charge < -0.3 is 16.4 Å². The van der Waals surface area contributed by atoms with E-state index in [-0.39, 0.29) is 20.8 Å². The molecule has 204 valence electrons. The predicted octanol–water partition coefficient (Wildman–Crippen LogP) is 4.92. The van der Waals surface area contributed by atoms with Crippen LogP contribution >= 0.6 is 11.6 Å². The molecule has 0 saturated carbocycles. The van der Waals surface area contributed by atoms with Crippen LogP contribution in [0.2, 0.25) is 5.02 Å². The number of rotatable bonds is 8. The Morgan fingerprint density at radius 1 is 1.20 bits per heavy atom. The Hall–Kier alpha value is -4.81. The van der Waals surface area contributed by atoms with Gasteiger partial charge in [0, 0.05) is 23.8 Å². The van der Waals surface area contributed by atoms with Gasteiger partial charge in [0.25, 0.3) is 0 Å². The van der Waals surface area contributed by atoms with Crippen molar-refractivity contribution in [2.75, 3.05) is 17.2 Å². The Balaban J connectivity index is 1.85. The van der Waals surface area contributed by atoms with Gasteiger partial charge in [0.15, 0.2) is 0 Å². The molecule has 4 rings (SSSR count). The molecule has 4 N–H and O–H groups in total. The number of carbonyl (C=O) groups excluding carboxylic acids is 1. The molecule has 2 heterocycles. The fourth-order valence-electron chi connectivity index (χ4n) is 3.91. The number of hydrogen-bond donors (Lipinski definition) is 3. The van der Waals surface area contributed by atoms with E-state index in [1.807, 2.05) is 26.8 Å². The second-order valence-electron chi connectivity index (χ2n) is 10.2. The van der Waals surface area contributed by atoms with Crippen LogP contribution in [0, 0.1) is 28.1 Å². The SMILES string of the molecule is CC(C)(C)CNc1c(C#N)cnc2c(Cl)cc(NC(c3cccc(C#N)c3)c3cn(C(F)(F)C(N)=O)nn3)cc12. The molecule has 0 aliphatic carbocycles. The predicted molar refractivity (Wildman–Crippen MR) is 145 cm³/mol. The smallest absolute Gasteiger partial charge is 0.383 e. The number of benzene rings is 2. The summed E-state index contributed by atoms with van der Waals surface area (Å²) in [6.07, 6.45) is 2.34. The molecule has 0 radical (unpaired) electrons. The van der Waals surface area contributed by atoms with Crippen molar-refractivity contribution < 1.29 is 13.6 Å². The second kappa shape index (κ2) is 10.8. The number of primary amides is 1. The number of carbonyl (C=O) groups is 1. The molecule has 0 spiro atoms. The highest BCUT2D eigenvalue weighted by molar-refractivity contribution is 6.35. The molecule has 2 aromatic carbocycles. The van der Waals surface area contributed by atoms with E-state index in [4.69, 9.17) is 17.3 Å². The van der Waals surface area contributed by atoms with Gasteiger partial charge in [-0.15, -0.1) is 5.10 Å². The maximum absolute atomic E-state index is 14.3. The zero-order valence-electron chi connectivity index (χ0n) is 21.7. The summed E-state index contributed by atoms with van der Waals surface area (Å²) in [6, 6.07) is 8.97.